The van der Waals surface area contributed by atoms with Gasteiger partial charge in [-0.3, -0.25) is 4.79 Å². The lowest BCUT2D eigenvalue weighted by atomic mass is 9.67. The smallest absolute Gasteiger partial charge is 0.232 e. The number of nitrogens with one attached hydrogen (secondary N) is 2. The standard InChI is InChI=1S/C19H29N3O2.2ClH/c1-22(2)10-11-24-17-8-5-7-16(12-17)21-18(23)19-9-4-3-6-15(19)13-20-14-19;;/h5,7-8,12,15,20H,3-4,6,9-11,13-14H2,1-2H3,(H,21,23);2*1H/t15-,19+;;/m0../s1. The van der Waals surface area contributed by atoms with E-state index < -0.39 is 0 Å². The maximum absolute atomic E-state index is 13.0. The zero-order valence-corrected chi connectivity index (χ0v) is 17.3. The van der Waals surface area contributed by atoms with Crippen LogP contribution in [-0.2, 0) is 4.79 Å². The Balaban J connectivity index is 0.00000169. The van der Waals surface area contributed by atoms with Gasteiger partial charge in [-0.1, -0.05) is 18.9 Å². The average molecular weight is 404 g/mol. The van der Waals surface area contributed by atoms with Gasteiger partial charge < -0.3 is 20.3 Å². The van der Waals surface area contributed by atoms with Crippen LogP contribution in [0.25, 0.3) is 0 Å². The topological polar surface area (TPSA) is 53.6 Å². The van der Waals surface area contributed by atoms with E-state index in [1.807, 2.05) is 38.4 Å². The lowest BCUT2D eigenvalue weighted by Gasteiger charge is -2.37. The van der Waals surface area contributed by atoms with Crippen molar-refractivity contribution in [1.29, 1.82) is 0 Å². The van der Waals surface area contributed by atoms with Gasteiger partial charge in [0.2, 0.25) is 5.91 Å². The van der Waals surface area contributed by atoms with Crippen LogP contribution in [-0.4, -0.2) is 51.1 Å². The van der Waals surface area contributed by atoms with E-state index in [4.69, 9.17) is 4.74 Å². The fourth-order valence-electron chi connectivity index (χ4n) is 3.96. The molecule has 1 heterocycles. The Bertz CT molecular complexity index is 586. The second-order valence-electron chi connectivity index (χ2n) is 7.36. The van der Waals surface area contributed by atoms with Gasteiger partial charge in [-0.05, 0) is 51.5 Å². The lowest BCUT2D eigenvalue weighted by molar-refractivity contribution is -0.128. The predicted octanol–water partition coefficient (Wildman–Crippen LogP) is 3.19. The monoisotopic (exact) mass is 403 g/mol. The van der Waals surface area contributed by atoms with Crippen molar-refractivity contribution in [2.24, 2.45) is 11.3 Å². The van der Waals surface area contributed by atoms with Gasteiger partial charge in [0.05, 0.1) is 5.41 Å². The van der Waals surface area contributed by atoms with Crippen molar-refractivity contribution in [3.63, 3.8) is 0 Å². The summed E-state index contributed by atoms with van der Waals surface area (Å²) in [5, 5.41) is 6.58. The molecule has 1 aromatic rings. The molecule has 2 N–H and O–H groups in total. The molecule has 1 aromatic carbocycles. The summed E-state index contributed by atoms with van der Waals surface area (Å²) < 4.78 is 5.76. The highest BCUT2D eigenvalue weighted by atomic mass is 35.5. The molecule has 0 unspecified atom stereocenters. The fourth-order valence-corrected chi connectivity index (χ4v) is 3.96. The van der Waals surface area contributed by atoms with E-state index in [1.165, 1.54) is 6.42 Å². The number of amides is 1. The second kappa shape index (κ2) is 10.4. The molecule has 0 bridgehead atoms. The second-order valence-corrected chi connectivity index (χ2v) is 7.36. The molecule has 148 valence electrons. The summed E-state index contributed by atoms with van der Waals surface area (Å²) >= 11 is 0. The van der Waals surface area contributed by atoms with Crippen molar-refractivity contribution in [3.05, 3.63) is 24.3 Å². The Kier molecular flexibility index (Phi) is 9.17. The van der Waals surface area contributed by atoms with Crippen LogP contribution in [0, 0.1) is 11.3 Å². The molecule has 0 aromatic heterocycles. The van der Waals surface area contributed by atoms with Gasteiger partial charge in [0.25, 0.3) is 0 Å². The molecule has 2 fully saturated rings. The number of likely N-dealkylation sites (N-methyl/N-ethyl adjacent to an activating group) is 1. The Morgan fingerprint density at radius 2 is 2.15 bits per heavy atom. The Hall–Kier alpha value is -1.01. The number of halogens is 2. The molecule has 26 heavy (non-hydrogen) atoms. The highest BCUT2D eigenvalue weighted by Gasteiger charge is 2.49. The van der Waals surface area contributed by atoms with Crippen molar-refractivity contribution >= 4 is 36.4 Å². The first-order valence-electron chi connectivity index (χ1n) is 9.00. The molecule has 1 amide bonds. The first-order valence-corrected chi connectivity index (χ1v) is 9.00. The summed E-state index contributed by atoms with van der Waals surface area (Å²) in [5.41, 5.74) is 0.605. The number of nitrogens with zero attached hydrogens (tertiary/aromatic N) is 1. The van der Waals surface area contributed by atoms with Crippen LogP contribution < -0.4 is 15.4 Å². The van der Waals surface area contributed by atoms with Crippen molar-refractivity contribution in [2.45, 2.75) is 25.7 Å². The number of ether oxygens (including phenoxy) is 1. The molecule has 7 heteroatoms. The highest BCUT2D eigenvalue weighted by molar-refractivity contribution is 5.96. The lowest BCUT2D eigenvalue weighted by Crippen LogP contribution is -2.44. The van der Waals surface area contributed by atoms with Gasteiger partial charge in [0, 0.05) is 24.8 Å². The largest absolute Gasteiger partial charge is 0.492 e. The van der Waals surface area contributed by atoms with E-state index >= 15 is 0 Å². The Morgan fingerprint density at radius 3 is 2.92 bits per heavy atom. The minimum absolute atomic E-state index is 0. The summed E-state index contributed by atoms with van der Waals surface area (Å²) in [4.78, 5) is 15.1. The number of fused-ring (bicyclic) bond motifs is 1. The minimum Gasteiger partial charge on any atom is -0.492 e. The first kappa shape index (κ1) is 23.0. The van der Waals surface area contributed by atoms with E-state index in [0.717, 1.165) is 50.3 Å². The Morgan fingerprint density at radius 1 is 1.35 bits per heavy atom. The van der Waals surface area contributed by atoms with Gasteiger partial charge in [-0.2, -0.15) is 0 Å². The number of rotatable bonds is 6. The molecule has 3 rings (SSSR count). The molecule has 0 spiro atoms. The molecule has 1 aliphatic carbocycles. The number of anilines is 1. The molecule has 0 radical (unpaired) electrons. The summed E-state index contributed by atoms with van der Waals surface area (Å²) in [6, 6.07) is 7.73. The van der Waals surface area contributed by atoms with Crippen molar-refractivity contribution < 1.29 is 9.53 Å². The zero-order chi connectivity index (χ0) is 17.0. The number of carbonyl (C=O) groups is 1. The normalized spacial score (nSPS) is 24.2. The number of carbonyl (C=O) groups excluding carboxylic acids is 1. The summed E-state index contributed by atoms with van der Waals surface area (Å²) in [5.74, 6) is 1.45. The maximum atomic E-state index is 13.0. The SMILES string of the molecule is CN(C)CCOc1cccc(NC(=O)[C@@]23CCCC[C@H]2CNC3)c1.Cl.Cl. The first-order chi connectivity index (χ1) is 11.6. The third kappa shape index (κ3) is 5.26. The van der Waals surface area contributed by atoms with Crippen molar-refractivity contribution in [3.8, 4) is 5.75 Å². The molecule has 1 saturated heterocycles. The Labute approximate surface area is 169 Å². The van der Waals surface area contributed by atoms with Crippen molar-refractivity contribution in [1.82, 2.24) is 10.2 Å². The third-order valence-corrected chi connectivity index (χ3v) is 5.39. The van der Waals surface area contributed by atoms with E-state index in [0.29, 0.717) is 12.5 Å². The quantitative estimate of drug-likeness (QED) is 0.765. The predicted molar refractivity (Wildman–Crippen MR) is 111 cm³/mol. The molecule has 1 saturated carbocycles. The van der Waals surface area contributed by atoms with Gasteiger partial charge in [-0.25, -0.2) is 0 Å². The molecule has 5 nitrogen and oxygen atoms in total. The maximum Gasteiger partial charge on any atom is 0.232 e. The molecule has 2 atom stereocenters. The van der Waals surface area contributed by atoms with Crippen LogP contribution in [0.1, 0.15) is 25.7 Å². The van der Waals surface area contributed by atoms with E-state index in [1.54, 1.807) is 0 Å². The van der Waals surface area contributed by atoms with Crippen LogP contribution in [0.4, 0.5) is 5.69 Å². The van der Waals surface area contributed by atoms with Gasteiger partial charge in [-0.15, -0.1) is 24.8 Å². The van der Waals surface area contributed by atoms with Crippen LogP contribution in [0.3, 0.4) is 0 Å². The third-order valence-electron chi connectivity index (χ3n) is 5.39. The molecular formula is C19H31Cl2N3O2. The molecular weight excluding hydrogens is 373 g/mol. The van der Waals surface area contributed by atoms with Gasteiger partial charge in [0.15, 0.2) is 0 Å². The molecule has 1 aliphatic heterocycles. The number of hydrogen-bond donors (Lipinski definition) is 2. The van der Waals surface area contributed by atoms with Gasteiger partial charge >= 0.3 is 0 Å². The van der Waals surface area contributed by atoms with Crippen LogP contribution in [0.2, 0.25) is 0 Å². The average Bonchev–Trinajstić information content (AvgIpc) is 3.00. The van der Waals surface area contributed by atoms with E-state index in [2.05, 4.69) is 15.5 Å². The fraction of sp³-hybridized carbons (Fsp3) is 0.632. The summed E-state index contributed by atoms with van der Waals surface area (Å²) in [7, 11) is 4.05. The van der Waals surface area contributed by atoms with Crippen molar-refractivity contribution in [2.75, 3.05) is 45.7 Å². The van der Waals surface area contributed by atoms with Crippen LogP contribution in [0.15, 0.2) is 24.3 Å². The van der Waals surface area contributed by atoms with Crippen LogP contribution in [0.5, 0.6) is 5.75 Å². The number of benzene rings is 1. The zero-order valence-electron chi connectivity index (χ0n) is 15.6. The molecule has 2 aliphatic rings. The minimum atomic E-state index is -0.222. The van der Waals surface area contributed by atoms with E-state index in [9.17, 15) is 4.79 Å². The van der Waals surface area contributed by atoms with E-state index in [-0.39, 0.29) is 36.1 Å². The summed E-state index contributed by atoms with van der Waals surface area (Å²) in [6.07, 6.45) is 4.56. The highest BCUT2D eigenvalue weighted by Crippen LogP contribution is 2.44. The summed E-state index contributed by atoms with van der Waals surface area (Å²) in [6.45, 7) is 3.29. The van der Waals surface area contributed by atoms with Gasteiger partial charge in [0.1, 0.15) is 12.4 Å². The van der Waals surface area contributed by atoms with Crippen LogP contribution >= 0.6 is 24.8 Å². The number of hydrogen-bond acceptors (Lipinski definition) is 4.